The van der Waals surface area contributed by atoms with E-state index in [0.717, 1.165) is 12.2 Å². The van der Waals surface area contributed by atoms with Crippen LogP contribution in [0.5, 0.6) is 0 Å². The number of halogens is 1. The molecule has 0 saturated heterocycles. The van der Waals surface area contributed by atoms with Crippen LogP contribution in [-0.4, -0.2) is 28.7 Å². The normalized spacial score (nSPS) is 23.7. The van der Waals surface area contributed by atoms with Crippen LogP contribution in [0, 0.1) is 0 Å². The van der Waals surface area contributed by atoms with Crippen LogP contribution in [0.2, 0.25) is 0 Å². The number of hydrogen-bond donors (Lipinski definition) is 2. The third kappa shape index (κ3) is 3.07. The second kappa shape index (κ2) is 5.20. The van der Waals surface area contributed by atoms with E-state index in [0.29, 0.717) is 5.84 Å². The molecule has 0 saturated carbocycles. The summed E-state index contributed by atoms with van der Waals surface area (Å²) >= 11 is 1.69. The summed E-state index contributed by atoms with van der Waals surface area (Å²) in [5.41, 5.74) is 5.40. The highest BCUT2D eigenvalue weighted by Crippen LogP contribution is 2.20. The summed E-state index contributed by atoms with van der Waals surface area (Å²) in [6.07, 6.45) is 0.728. The van der Waals surface area contributed by atoms with Gasteiger partial charge in [-0.25, -0.2) is 0 Å². The smallest absolute Gasteiger partial charge is 0.105 e. The Morgan fingerprint density at radius 2 is 2.50 bits per heavy atom. The Morgan fingerprint density at radius 1 is 1.80 bits per heavy atom. The molecule has 0 aliphatic carbocycles. The Kier molecular flexibility index (Phi) is 5.46. The first-order valence-electron chi connectivity index (χ1n) is 2.87. The van der Waals surface area contributed by atoms with E-state index in [4.69, 9.17) is 10.8 Å². The number of thioether (sulfide) groups is 1. The van der Waals surface area contributed by atoms with Crippen LogP contribution in [0.15, 0.2) is 4.99 Å². The molecule has 0 bridgehead atoms. The van der Waals surface area contributed by atoms with Gasteiger partial charge in [-0.1, -0.05) is 0 Å². The van der Waals surface area contributed by atoms with Gasteiger partial charge in [0.15, 0.2) is 0 Å². The molecule has 0 radical (unpaired) electrons. The van der Waals surface area contributed by atoms with Crippen LogP contribution in [0.1, 0.15) is 6.42 Å². The number of nitrogens with two attached hydrogens (primary N) is 1. The lowest BCUT2D eigenvalue weighted by Gasteiger charge is -1.99. The number of amidine groups is 1. The molecule has 10 heavy (non-hydrogen) atoms. The topological polar surface area (TPSA) is 58.6 Å². The Bertz CT molecular complexity index is 131. The predicted octanol–water partition coefficient (Wildman–Crippen LogP) is 0.417. The highest BCUT2D eigenvalue weighted by molar-refractivity contribution is 14.0. The van der Waals surface area contributed by atoms with E-state index in [9.17, 15) is 0 Å². The number of aliphatic imine (C=N–C) groups is 1. The molecule has 1 atom stereocenters. The van der Waals surface area contributed by atoms with Gasteiger partial charge in [0.2, 0.25) is 0 Å². The van der Waals surface area contributed by atoms with Crippen molar-refractivity contribution in [2.75, 3.05) is 12.4 Å². The Morgan fingerprint density at radius 3 is 2.90 bits per heavy atom. The van der Waals surface area contributed by atoms with Gasteiger partial charge in [0.1, 0.15) is 5.84 Å². The van der Waals surface area contributed by atoms with E-state index in [1.54, 1.807) is 11.8 Å². The molecule has 5 heteroatoms. The Labute approximate surface area is 81.5 Å². The summed E-state index contributed by atoms with van der Waals surface area (Å²) in [4.78, 5) is 4.08. The average Bonchev–Trinajstić information content (AvgIpc) is 2.17. The predicted molar refractivity (Wildman–Crippen MR) is 55.0 cm³/mol. The molecule has 0 spiro atoms. The zero-order valence-corrected chi connectivity index (χ0v) is 8.63. The summed E-state index contributed by atoms with van der Waals surface area (Å²) in [6, 6.07) is 0. The molecule has 60 valence electrons. The zero-order chi connectivity index (χ0) is 6.69. The molecule has 1 heterocycles. The van der Waals surface area contributed by atoms with Gasteiger partial charge in [-0.05, 0) is 0 Å². The van der Waals surface area contributed by atoms with Crippen LogP contribution in [0.4, 0.5) is 0 Å². The Balaban J connectivity index is 0.000000810. The van der Waals surface area contributed by atoms with E-state index in [1.165, 1.54) is 0 Å². The quantitative estimate of drug-likeness (QED) is 0.717. The van der Waals surface area contributed by atoms with Crippen molar-refractivity contribution in [3.63, 3.8) is 0 Å². The van der Waals surface area contributed by atoms with Crippen molar-refractivity contribution in [2.24, 2.45) is 10.7 Å². The minimum Gasteiger partial charge on any atom is -0.396 e. The standard InChI is InChI=1S/C5H10N2OS.HI/c6-4-3-9-5(7-4)1-2-8;/h5,8H,1-3H2,(H2,6,7);1H. The maximum absolute atomic E-state index is 8.49. The third-order valence-electron chi connectivity index (χ3n) is 1.11. The van der Waals surface area contributed by atoms with Crippen molar-refractivity contribution in [3.8, 4) is 0 Å². The van der Waals surface area contributed by atoms with Crippen molar-refractivity contribution < 1.29 is 5.11 Å². The molecule has 1 rings (SSSR count). The molecule has 0 fully saturated rings. The SMILES string of the molecule is I.NC1=NC(CCO)SC1. The molecule has 1 aliphatic heterocycles. The van der Waals surface area contributed by atoms with Crippen LogP contribution in [0.25, 0.3) is 0 Å². The first-order chi connectivity index (χ1) is 4.33. The molecule has 0 aromatic heterocycles. The summed E-state index contributed by atoms with van der Waals surface area (Å²) < 4.78 is 0. The van der Waals surface area contributed by atoms with E-state index >= 15 is 0 Å². The molecule has 1 aliphatic rings. The minimum atomic E-state index is 0. The van der Waals surface area contributed by atoms with Gasteiger partial charge < -0.3 is 10.8 Å². The molecule has 1 unspecified atom stereocenters. The fourth-order valence-electron chi connectivity index (χ4n) is 0.699. The molecule has 3 N–H and O–H groups in total. The van der Waals surface area contributed by atoms with Gasteiger partial charge >= 0.3 is 0 Å². The lowest BCUT2D eigenvalue weighted by Crippen LogP contribution is -2.10. The van der Waals surface area contributed by atoms with Crippen LogP contribution >= 0.6 is 35.7 Å². The summed E-state index contributed by atoms with van der Waals surface area (Å²) in [5.74, 6) is 1.53. The Hall–Kier alpha value is 0.510. The molecule has 3 nitrogen and oxygen atoms in total. The monoisotopic (exact) mass is 274 g/mol. The third-order valence-corrected chi connectivity index (χ3v) is 2.30. The number of rotatable bonds is 2. The molecule has 0 aromatic rings. The number of hydrogen-bond acceptors (Lipinski definition) is 4. The molecular formula is C5H11IN2OS. The first-order valence-corrected chi connectivity index (χ1v) is 3.92. The van der Waals surface area contributed by atoms with Crippen LogP contribution in [-0.2, 0) is 0 Å². The van der Waals surface area contributed by atoms with Crippen molar-refractivity contribution in [1.29, 1.82) is 0 Å². The summed E-state index contributed by atoms with van der Waals surface area (Å²) in [7, 11) is 0. The zero-order valence-electron chi connectivity index (χ0n) is 5.49. The van der Waals surface area contributed by atoms with Crippen molar-refractivity contribution in [2.45, 2.75) is 11.8 Å². The number of aliphatic hydroxyl groups is 1. The average molecular weight is 274 g/mol. The lowest BCUT2D eigenvalue weighted by molar-refractivity contribution is 0.288. The van der Waals surface area contributed by atoms with E-state index in [2.05, 4.69) is 4.99 Å². The molecule has 0 aromatic carbocycles. The summed E-state index contributed by atoms with van der Waals surface area (Å²) in [6.45, 7) is 0.203. The van der Waals surface area contributed by atoms with Crippen LogP contribution in [0.3, 0.4) is 0 Å². The second-order valence-electron chi connectivity index (χ2n) is 1.90. The maximum Gasteiger partial charge on any atom is 0.105 e. The molecule has 0 amide bonds. The molecular weight excluding hydrogens is 263 g/mol. The summed E-state index contributed by atoms with van der Waals surface area (Å²) in [5, 5.41) is 8.71. The number of nitrogens with zero attached hydrogens (tertiary/aromatic N) is 1. The maximum atomic E-state index is 8.49. The van der Waals surface area contributed by atoms with Gasteiger partial charge in [0.05, 0.1) is 11.1 Å². The first kappa shape index (κ1) is 10.5. The van der Waals surface area contributed by atoms with E-state index in [1.807, 2.05) is 0 Å². The van der Waals surface area contributed by atoms with E-state index < -0.39 is 0 Å². The largest absolute Gasteiger partial charge is 0.396 e. The fraction of sp³-hybridized carbons (Fsp3) is 0.800. The highest BCUT2D eigenvalue weighted by atomic mass is 127. The van der Waals surface area contributed by atoms with Gasteiger partial charge in [-0.3, -0.25) is 4.99 Å². The van der Waals surface area contributed by atoms with Gasteiger partial charge in [0.25, 0.3) is 0 Å². The fourth-order valence-corrected chi connectivity index (χ4v) is 1.62. The minimum absolute atomic E-state index is 0. The van der Waals surface area contributed by atoms with Gasteiger partial charge in [0, 0.05) is 13.0 Å². The van der Waals surface area contributed by atoms with Gasteiger partial charge in [-0.15, -0.1) is 35.7 Å². The number of aliphatic hydroxyl groups excluding tert-OH is 1. The lowest BCUT2D eigenvalue weighted by atomic mass is 10.4. The second-order valence-corrected chi connectivity index (χ2v) is 3.06. The van der Waals surface area contributed by atoms with E-state index in [-0.39, 0.29) is 36.0 Å². The van der Waals surface area contributed by atoms with Gasteiger partial charge in [-0.2, -0.15) is 0 Å². The van der Waals surface area contributed by atoms with Crippen molar-refractivity contribution in [3.05, 3.63) is 0 Å². The van der Waals surface area contributed by atoms with Crippen molar-refractivity contribution >= 4 is 41.6 Å². The van der Waals surface area contributed by atoms with Crippen molar-refractivity contribution in [1.82, 2.24) is 0 Å². The highest BCUT2D eigenvalue weighted by Gasteiger charge is 2.14. The van der Waals surface area contributed by atoms with Crippen LogP contribution < -0.4 is 5.73 Å².